The molecule has 14 heavy (non-hydrogen) atoms. The molecule has 4 heteroatoms. The zero-order chi connectivity index (χ0) is 7.89. The van der Waals surface area contributed by atoms with Crippen LogP contribution in [0.5, 0.6) is 0 Å². The zero-order valence-electron chi connectivity index (χ0n) is 9.34. The van der Waals surface area contributed by atoms with Crippen LogP contribution in [0.2, 0.25) is 0 Å². The Labute approximate surface area is 121 Å². The van der Waals surface area contributed by atoms with Crippen LogP contribution in [0.3, 0.4) is 0 Å². The first kappa shape index (κ1) is 24.3. The van der Waals surface area contributed by atoms with E-state index in [1.165, 1.54) is 27.8 Å². The molecule has 1 aromatic carbocycles. The molecule has 0 aliphatic heterocycles. The van der Waals surface area contributed by atoms with Crippen molar-refractivity contribution in [2.75, 3.05) is 0 Å². The third-order valence-corrected chi connectivity index (χ3v) is 2.81. The van der Waals surface area contributed by atoms with E-state index >= 15 is 0 Å². The van der Waals surface area contributed by atoms with Crippen molar-refractivity contribution >= 4 is 0 Å². The fourth-order valence-electron chi connectivity index (χ4n) is 1.41. The van der Waals surface area contributed by atoms with Crippen molar-refractivity contribution in [1.29, 1.82) is 0 Å². The second kappa shape index (κ2) is 9.18. The Balaban J connectivity index is -0.000000125. The van der Waals surface area contributed by atoms with Crippen LogP contribution in [0.15, 0.2) is 0 Å². The molecule has 0 aromatic heterocycles. The van der Waals surface area contributed by atoms with Crippen LogP contribution in [0.25, 0.3) is 0 Å². The van der Waals surface area contributed by atoms with E-state index in [1.54, 1.807) is 0 Å². The van der Waals surface area contributed by atoms with Gasteiger partial charge in [0.25, 0.3) is 0 Å². The van der Waals surface area contributed by atoms with Gasteiger partial charge < -0.3 is 0 Å². The zero-order valence-corrected chi connectivity index (χ0v) is 13.6. The minimum Gasteiger partial charge on any atom is -0.196 e. The topological polar surface area (TPSA) is 0 Å². The largest absolute Gasteiger partial charge is 4.00 e. The molecule has 0 bridgehead atoms. The molecule has 0 atom stereocenters. The quantitative estimate of drug-likeness (QED) is 0.500. The maximum absolute atomic E-state index is 2.20. The molecule has 0 saturated carbocycles. The van der Waals surface area contributed by atoms with Gasteiger partial charge in [0.15, 0.2) is 0 Å². The molecule has 0 saturated heterocycles. The minimum atomic E-state index is 0. The summed E-state index contributed by atoms with van der Waals surface area (Å²) in [5, 5.41) is 0. The van der Waals surface area contributed by atoms with E-state index in [2.05, 4.69) is 34.6 Å². The van der Waals surface area contributed by atoms with E-state index in [-0.39, 0.29) is 58.9 Å². The summed E-state index contributed by atoms with van der Waals surface area (Å²) in [7, 11) is 0. The fourth-order valence-corrected chi connectivity index (χ4v) is 1.41. The van der Waals surface area contributed by atoms with Crippen LogP contribution >= 0.6 is 0 Å². The first-order chi connectivity index (χ1) is 4.55. The molecule has 0 aliphatic carbocycles. The summed E-state index contributed by atoms with van der Waals surface area (Å²) in [5.74, 6) is 0. The van der Waals surface area contributed by atoms with Gasteiger partial charge in [0.05, 0.1) is 37.2 Å². The molecule has 0 aliphatic rings. The van der Waals surface area contributed by atoms with Gasteiger partial charge in [-0.1, -0.05) is 34.6 Å². The van der Waals surface area contributed by atoms with Gasteiger partial charge >= 0.3 is 21.7 Å². The summed E-state index contributed by atoms with van der Waals surface area (Å²) in [5.41, 5.74) is 7.34. The molecule has 0 fully saturated rings. The Hall–Kier alpha value is 0.934. The van der Waals surface area contributed by atoms with Gasteiger partial charge in [-0.25, -0.2) is 0 Å². The fraction of sp³-hybridized carbons (Fsp3) is 0.500. The summed E-state index contributed by atoms with van der Waals surface area (Å²) in [6.07, 6.45) is 0. The third-order valence-electron chi connectivity index (χ3n) is 2.81. The molecule has 0 amide bonds. The molecule has 80 valence electrons. The Morgan fingerprint density at radius 3 is 1.00 bits per heavy atom. The number of hydrogen-bond donors (Lipinski definition) is 0. The molecule has 0 radical (unpaired) electrons. The molecule has 0 N–H and O–H groups in total. The standard InChI is InChI=1S/C10H15.3ClH2.Ti/c1-6-7(2)9(4)10(5)8(6)3;;;;/h1-5H3;3*1H2;/q-1;3*+1;+4. The maximum atomic E-state index is 2.20. The first-order valence-corrected chi connectivity index (χ1v) is 3.75. The second-order valence-electron chi connectivity index (χ2n) is 3.12. The van der Waals surface area contributed by atoms with E-state index in [9.17, 15) is 0 Å². The molecule has 0 nitrogen and oxygen atoms in total. The molecule has 0 heterocycles. The van der Waals surface area contributed by atoms with E-state index in [1.807, 2.05) is 0 Å². The number of rotatable bonds is 0. The van der Waals surface area contributed by atoms with Gasteiger partial charge in [-0.3, -0.25) is 0 Å². The van der Waals surface area contributed by atoms with Crippen molar-refractivity contribution in [3.63, 3.8) is 0 Å². The van der Waals surface area contributed by atoms with E-state index in [0.29, 0.717) is 0 Å². The molecule has 1 rings (SSSR count). The van der Waals surface area contributed by atoms with Crippen LogP contribution < -0.4 is 0 Å². The van der Waals surface area contributed by atoms with E-state index in [0.717, 1.165) is 0 Å². The molecule has 1 aromatic rings. The normalized spacial score (nSPS) is 7.50. The van der Waals surface area contributed by atoms with Crippen molar-refractivity contribution in [2.45, 2.75) is 34.6 Å². The van der Waals surface area contributed by atoms with Crippen molar-refractivity contribution < 1.29 is 58.9 Å². The Morgan fingerprint density at radius 2 is 0.929 bits per heavy atom. The van der Waals surface area contributed by atoms with Gasteiger partial charge in [-0.05, 0) is 0 Å². The smallest absolute Gasteiger partial charge is 0.196 e. The average Bonchev–Trinajstić information content (AvgIpc) is 2.07. The van der Waals surface area contributed by atoms with Gasteiger partial charge in [0.2, 0.25) is 0 Å². The molecular weight excluding hydrogens is 274 g/mol. The molecular formula is C10H21Cl3Ti+6. The van der Waals surface area contributed by atoms with Crippen molar-refractivity contribution in [2.24, 2.45) is 0 Å². The predicted octanol–water partition coefficient (Wildman–Crippen LogP) is 1.34. The predicted molar refractivity (Wildman–Crippen MR) is 54.1 cm³/mol. The number of hydrogen-bond acceptors (Lipinski definition) is 0. The van der Waals surface area contributed by atoms with Gasteiger partial charge in [-0.15, -0.1) is 0 Å². The Bertz CT molecular complexity index is 187. The van der Waals surface area contributed by atoms with E-state index < -0.39 is 0 Å². The SMILES string of the molecule is Cc1c(C)c(C)[c-](C)c1C.[ClH2+].[ClH2+].[ClH2+].[Ti+4]. The monoisotopic (exact) mass is 294 g/mol. The van der Waals surface area contributed by atoms with Gasteiger partial charge in [0.1, 0.15) is 0 Å². The first-order valence-electron chi connectivity index (χ1n) is 3.75. The van der Waals surface area contributed by atoms with Crippen LogP contribution in [0, 0.1) is 71.8 Å². The minimum absolute atomic E-state index is 0. The molecule has 0 spiro atoms. The van der Waals surface area contributed by atoms with Crippen molar-refractivity contribution in [3.8, 4) is 0 Å². The maximum Gasteiger partial charge on any atom is 4.00 e. The van der Waals surface area contributed by atoms with Crippen LogP contribution in [-0.2, 0) is 21.7 Å². The van der Waals surface area contributed by atoms with Crippen LogP contribution in [0.1, 0.15) is 27.8 Å². The Morgan fingerprint density at radius 1 is 0.714 bits per heavy atom. The summed E-state index contributed by atoms with van der Waals surface area (Å²) in [6.45, 7) is 11.0. The van der Waals surface area contributed by atoms with Gasteiger partial charge in [-0.2, -0.15) is 27.8 Å². The van der Waals surface area contributed by atoms with Gasteiger partial charge in [0, 0.05) is 0 Å². The Kier molecular flexibility index (Phi) is 15.9. The average molecular weight is 296 g/mol. The second-order valence-corrected chi connectivity index (χ2v) is 3.12. The third kappa shape index (κ3) is 4.20. The number of halogens is 3. The summed E-state index contributed by atoms with van der Waals surface area (Å²) in [6, 6.07) is 0. The molecule has 0 unspecified atom stereocenters. The summed E-state index contributed by atoms with van der Waals surface area (Å²) in [4.78, 5) is 0. The summed E-state index contributed by atoms with van der Waals surface area (Å²) < 4.78 is 0. The summed E-state index contributed by atoms with van der Waals surface area (Å²) >= 11 is 0. The van der Waals surface area contributed by atoms with E-state index in [4.69, 9.17) is 0 Å². The van der Waals surface area contributed by atoms with Crippen LogP contribution in [0.4, 0.5) is 0 Å². The van der Waals surface area contributed by atoms with Crippen molar-refractivity contribution in [1.82, 2.24) is 0 Å². The van der Waals surface area contributed by atoms with Crippen LogP contribution in [-0.4, -0.2) is 0 Å². The van der Waals surface area contributed by atoms with Crippen molar-refractivity contribution in [3.05, 3.63) is 27.8 Å².